The maximum Gasteiger partial charge on any atom is 0.162 e. The molecule has 4 heteroatoms. The van der Waals surface area contributed by atoms with Gasteiger partial charge in [0, 0.05) is 30.5 Å². The van der Waals surface area contributed by atoms with Crippen LogP contribution in [0.2, 0.25) is 0 Å². The fourth-order valence-corrected chi connectivity index (χ4v) is 1.03. The zero-order chi connectivity index (χ0) is 9.10. The number of aromatic nitrogens is 3. The Balaban J connectivity index is 2.54. The Bertz CT molecular complexity index is 399. The van der Waals surface area contributed by atoms with E-state index in [1.165, 1.54) is 0 Å². The first-order valence-electron chi connectivity index (χ1n) is 3.85. The van der Waals surface area contributed by atoms with Gasteiger partial charge in [-0.1, -0.05) is 0 Å². The van der Waals surface area contributed by atoms with Crippen LogP contribution in [0.4, 0.5) is 5.69 Å². The molecule has 13 heavy (non-hydrogen) atoms. The van der Waals surface area contributed by atoms with Gasteiger partial charge in [0.2, 0.25) is 0 Å². The molecule has 0 atom stereocenters. The smallest absolute Gasteiger partial charge is 0.162 e. The summed E-state index contributed by atoms with van der Waals surface area (Å²) in [6.07, 6.45) is 6.65. The Kier molecular flexibility index (Phi) is 1.88. The van der Waals surface area contributed by atoms with Crippen molar-refractivity contribution in [2.45, 2.75) is 0 Å². The highest BCUT2D eigenvalue weighted by Gasteiger charge is 2.02. The van der Waals surface area contributed by atoms with Gasteiger partial charge < -0.3 is 5.73 Å². The summed E-state index contributed by atoms with van der Waals surface area (Å²) in [7, 11) is 0. The van der Waals surface area contributed by atoms with Gasteiger partial charge in [0.1, 0.15) is 0 Å². The van der Waals surface area contributed by atoms with Crippen LogP contribution >= 0.6 is 0 Å². The van der Waals surface area contributed by atoms with Crippen LogP contribution in [0.15, 0.2) is 36.9 Å². The van der Waals surface area contributed by atoms with E-state index in [4.69, 9.17) is 5.73 Å². The second kappa shape index (κ2) is 3.18. The van der Waals surface area contributed by atoms with Gasteiger partial charge in [-0.2, -0.15) is 0 Å². The SMILES string of the molecule is Nc1ccncc1-c1ncccn1. The predicted octanol–water partition coefficient (Wildman–Crippen LogP) is 1.12. The Morgan fingerprint density at radius 1 is 1.08 bits per heavy atom. The lowest BCUT2D eigenvalue weighted by Gasteiger charge is -2.00. The minimum atomic E-state index is 0.605. The summed E-state index contributed by atoms with van der Waals surface area (Å²) in [6.45, 7) is 0. The van der Waals surface area contributed by atoms with Crippen LogP contribution in [-0.2, 0) is 0 Å². The topological polar surface area (TPSA) is 64.7 Å². The average Bonchev–Trinajstić information content (AvgIpc) is 2.20. The van der Waals surface area contributed by atoms with E-state index in [0.29, 0.717) is 11.5 Å². The van der Waals surface area contributed by atoms with Crippen molar-refractivity contribution in [1.82, 2.24) is 15.0 Å². The Morgan fingerprint density at radius 3 is 2.54 bits per heavy atom. The van der Waals surface area contributed by atoms with Crippen molar-refractivity contribution >= 4 is 5.69 Å². The standard InChI is InChI=1S/C9H8N4/c10-8-2-5-11-6-7(8)9-12-3-1-4-13-9/h1-6H,(H2,10,11). The molecule has 2 rings (SSSR count). The second-order valence-electron chi connectivity index (χ2n) is 2.54. The number of nitrogens with two attached hydrogens (primary N) is 1. The van der Waals surface area contributed by atoms with E-state index in [9.17, 15) is 0 Å². The summed E-state index contributed by atoms with van der Waals surface area (Å²) in [5, 5.41) is 0. The van der Waals surface area contributed by atoms with Gasteiger partial charge in [-0.05, 0) is 12.1 Å². The van der Waals surface area contributed by atoms with Gasteiger partial charge >= 0.3 is 0 Å². The molecule has 0 aromatic carbocycles. The maximum atomic E-state index is 5.73. The number of nitrogen functional groups attached to an aromatic ring is 1. The second-order valence-corrected chi connectivity index (χ2v) is 2.54. The maximum absolute atomic E-state index is 5.73. The molecule has 2 N–H and O–H groups in total. The van der Waals surface area contributed by atoms with E-state index in [-0.39, 0.29) is 0 Å². The molecular formula is C9H8N4. The van der Waals surface area contributed by atoms with E-state index >= 15 is 0 Å². The predicted molar refractivity (Wildman–Crippen MR) is 49.7 cm³/mol. The molecule has 64 valence electrons. The molecule has 0 aliphatic heterocycles. The van der Waals surface area contributed by atoms with Crippen LogP contribution in [0.1, 0.15) is 0 Å². The molecule has 0 aliphatic rings. The number of anilines is 1. The average molecular weight is 172 g/mol. The lowest BCUT2D eigenvalue weighted by Crippen LogP contribution is -1.94. The third-order valence-corrected chi connectivity index (χ3v) is 1.66. The number of rotatable bonds is 1. The van der Waals surface area contributed by atoms with Gasteiger partial charge in [0.15, 0.2) is 5.82 Å². The minimum absolute atomic E-state index is 0.605. The lowest BCUT2D eigenvalue weighted by atomic mass is 10.2. The first-order valence-corrected chi connectivity index (χ1v) is 3.85. The lowest BCUT2D eigenvalue weighted by molar-refractivity contribution is 1.16. The first kappa shape index (κ1) is 7.67. The molecule has 0 unspecified atom stereocenters. The molecule has 0 radical (unpaired) electrons. The van der Waals surface area contributed by atoms with Crippen LogP contribution in [0.5, 0.6) is 0 Å². The van der Waals surface area contributed by atoms with E-state index in [2.05, 4.69) is 15.0 Å². The van der Waals surface area contributed by atoms with Crippen molar-refractivity contribution in [2.75, 3.05) is 5.73 Å². The molecule has 0 amide bonds. The molecule has 0 spiro atoms. The van der Waals surface area contributed by atoms with Crippen LogP contribution in [0.3, 0.4) is 0 Å². The van der Waals surface area contributed by atoms with Crippen LogP contribution in [0, 0.1) is 0 Å². The normalized spacial score (nSPS) is 9.85. The number of hydrogen-bond acceptors (Lipinski definition) is 4. The number of hydrogen-bond donors (Lipinski definition) is 1. The summed E-state index contributed by atoms with van der Waals surface area (Å²) < 4.78 is 0. The largest absolute Gasteiger partial charge is 0.398 e. The van der Waals surface area contributed by atoms with Crippen LogP contribution in [0.25, 0.3) is 11.4 Å². The zero-order valence-corrected chi connectivity index (χ0v) is 6.88. The van der Waals surface area contributed by atoms with E-state index in [1.807, 2.05) is 0 Å². The van der Waals surface area contributed by atoms with Crippen molar-refractivity contribution in [3.8, 4) is 11.4 Å². The highest BCUT2D eigenvalue weighted by Crippen LogP contribution is 2.19. The third kappa shape index (κ3) is 1.46. The van der Waals surface area contributed by atoms with E-state index in [1.54, 1.807) is 36.9 Å². The molecule has 0 saturated heterocycles. The fourth-order valence-electron chi connectivity index (χ4n) is 1.03. The summed E-state index contributed by atoms with van der Waals surface area (Å²) in [5.41, 5.74) is 7.14. The Hall–Kier alpha value is -1.97. The molecule has 4 nitrogen and oxygen atoms in total. The summed E-state index contributed by atoms with van der Waals surface area (Å²) >= 11 is 0. The van der Waals surface area contributed by atoms with E-state index in [0.717, 1.165) is 5.56 Å². The molecule has 0 bridgehead atoms. The van der Waals surface area contributed by atoms with Crippen molar-refractivity contribution < 1.29 is 0 Å². The van der Waals surface area contributed by atoms with Crippen LogP contribution < -0.4 is 5.73 Å². The minimum Gasteiger partial charge on any atom is -0.398 e. The highest BCUT2D eigenvalue weighted by molar-refractivity contribution is 5.69. The monoisotopic (exact) mass is 172 g/mol. The van der Waals surface area contributed by atoms with Crippen molar-refractivity contribution in [3.63, 3.8) is 0 Å². The molecule has 2 aromatic rings. The van der Waals surface area contributed by atoms with Gasteiger partial charge in [-0.25, -0.2) is 9.97 Å². The van der Waals surface area contributed by atoms with Crippen molar-refractivity contribution in [3.05, 3.63) is 36.9 Å². The highest BCUT2D eigenvalue weighted by atomic mass is 14.9. The fraction of sp³-hybridized carbons (Fsp3) is 0. The summed E-state index contributed by atoms with van der Waals surface area (Å²) in [4.78, 5) is 12.1. The molecule has 0 saturated carbocycles. The zero-order valence-electron chi connectivity index (χ0n) is 6.88. The molecule has 0 fully saturated rings. The summed E-state index contributed by atoms with van der Waals surface area (Å²) in [6, 6.07) is 3.49. The Labute approximate surface area is 75.5 Å². The third-order valence-electron chi connectivity index (χ3n) is 1.66. The molecule has 0 aliphatic carbocycles. The van der Waals surface area contributed by atoms with Gasteiger partial charge in [-0.15, -0.1) is 0 Å². The Morgan fingerprint density at radius 2 is 1.85 bits per heavy atom. The molecule has 2 heterocycles. The van der Waals surface area contributed by atoms with Gasteiger partial charge in [0.25, 0.3) is 0 Å². The van der Waals surface area contributed by atoms with Gasteiger partial charge in [0.05, 0.1) is 5.56 Å². The molecule has 2 aromatic heterocycles. The first-order chi connectivity index (χ1) is 6.38. The number of nitrogens with zero attached hydrogens (tertiary/aromatic N) is 3. The van der Waals surface area contributed by atoms with Gasteiger partial charge in [-0.3, -0.25) is 4.98 Å². The molecular weight excluding hydrogens is 164 g/mol. The number of pyridine rings is 1. The van der Waals surface area contributed by atoms with Crippen molar-refractivity contribution in [2.24, 2.45) is 0 Å². The summed E-state index contributed by atoms with van der Waals surface area (Å²) in [5.74, 6) is 0.605. The quantitative estimate of drug-likeness (QED) is 0.700. The van der Waals surface area contributed by atoms with E-state index < -0.39 is 0 Å². The van der Waals surface area contributed by atoms with Crippen molar-refractivity contribution in [1.29, 1.82) is 0 Å². The van der Waals surface area contributed by atoms with Crippen LogP contribution in [-0.4, -0.2) is 15.0 Å².